The normalized spacial score (nSPS) is 35.2. The third-order valence-electron chi connectivity index (χ3n) is 6.61. The number of benzene rings is 1. The Labute approximate surface area is 170 Å². The third-order valence-corrected chi connectivity index (χ3v) is 6.61. The van der Waals surface area contributed by atoms with E-state index in [1.165, 1.54) is 11.1 Å². The minimum absolute atomic E-state index is 0.0442. The highest BCUT2D eigenvalue weighted by atomic mass is 16.7. The smallest absolute Gasteiger partial charge is 0.147 e. The lowest BCUT2D eigenvalue weighted by molar-refractivity contribution is -0.0820. The maximum absolute atomic E-state index is 10.5. The molecule has 0 aromatic heterocycles. The number of ether oxygens (including phenoxy) is 2. The molecular weight excluding hydrogens is 348 g/mol. The summed E-state index contributed by atoms with van der Waals surface area (Å²) in [6.07, 6.45) is 10.6. The fourth-order valence-corrected chi connectivity index (χ4v) is 4.75. The number of allylic oxidation sites excluding steroid dienone is 2. The molecule has 0 amide bonds. The van der Waals surface area contributed by atoms with Gasteiger partial charge in [-0.1, -0.05) is 60.6 Å². The predicted octanol–water partition coefficient (Wildman–Crippen LogP) is 5.79. The molecule has 0 bridgehead atoms. The fraction of sp³-hybridized carbons (Fsp3) is 0.600. The monoisotopic (exact) mass is 384 g/mol. The van der Waals surface area contributed by atoms with Gasteiger partial charge >= 0.3 is 0 Å². The molecule has 3 heteroatoms. The average Bonchev–Trinajstić information content (AvgIpc) is 2.96. The van der Waals surface area contributed by atoms with E-state index in [1.807, 2.05) is 18.2 Å². The molecule has 3 nitrogen and oxygen atoms in total. The summed E-state index contributed by atoms with van der Waals surface area (Å²) in [5, 5.41) is 10.5. The van der Waals surface area contributed by atoms with E-state index < -0.39 is 0 Å². The van der Waals surface area contributed by atoms with Crippen LogP contribution in [0, 0.1) is 11.3 Å². The van der Waals surface area contributed by atoms with Crippen LogP contribution in [0.25, 0.3) is 0 Å². The number of rotatable bonds is 5. The van der Waals surface area contributed by atoms with E-state index in [9.17, 15) is 5.11 Å². The van der Waals surface area contributed by atoms with E-state index in [0.29, 0.717) is 19.3 Å². The van der Waals surface area contributed by atoms with Crippen molar-refractivity contribution < 1.29 is 14.6 Å². The molecule has 0 spiro atoms. The summed E-state index contributed by atoms with van der Waals surface area (Å²) >= 11 is 0. The van der Waals surface area contributed by atoms with E-state index >= 15 is 0 Å². The van der Waals surface area contributed by atoms with Gasteiger partial charge in [0.05, 0.1) is 18.8 Å². The van der Waals surface area contributed by atoms with Crippen molar-refractivity contribution in [1.29, 1.82) is 0 Å². The van der Waals surface area contributed by atoms with Crippen molar-refractivity contribution in [1.82, 2.24) is 0 Å². The first-order valence-electron chi connectivity index (χ1n) is 10.7. The summed E-state index contributed by atoms with van der Waals surface area (Å²) in [5.41, 5.74) is 4.10. The zero-order valence-electron chi connectivity index (χ0n) is 17.7. The number of hydrogen-bond donors (Lipinski definition) is 1. The van der Waals surface area contributed by atoms with Crippen molar-refractivity contribution in [2.45, 2.75) is 78.1 Å². The molecule has 0 aliphatic heterocycles. The Balaban J connectivity index is 1.60. The van der Waals surface area contributed by atoms with E-state index in [0.717, 1.165) is 44.1 Å². The minimum atomic E-state index is -0.148. The Hall–Kier alpha value is -1.42. The second-order valence-electron chi connectivity index (χ2n) is 9.03. The highest BCUT2D eigenvalue weighted by molar-refractivity contribution is 5.14. The molecule has 1 aromatic rings. The van der Waals surface area contributed by atoms with Crippen LogP contribution in [0.4, 0.5) is 0 Å². The molecule has 0 saturated heterocycles. The molecule has 154 valence electrons. The van der Waals surface area contributed by atoms with Gasteiger partial charge in [0.25, 0.3) is 0 Å². The molecule has 0 radical (unpaired) electrons. The van der Waals surface area contributed by atoms with Crippen LogP contribution in [0.15, 0.2) is 53.6 Å². The molecule has 1 fully saturated rings. The Morgan fingerprint density at radius 1 is 1.11 bits per heavy atom. The molecule has 3 rings (SSSR count). The first kappa shape index (κ1) is 21.3. The summed E-state index contributed by atoms with van der Waals surface area (Å²) in [5.74, 6) is 0.395. The first-order valence-corrected chi connectivity index (χ1v) is 10.7. The lowest BCUT2D eigenvalue weighted by Gasteiger charge is -2.32. The van der Waals surface area contributed by atoms with Crippen molar-refractivity contribution in [2.24, 2.45) is 11.3 Å². The van der Waals surface area contributed by atoms with Gasteiger partial charge in [-0.25, -0.2) is 0 Å². The SMILES string of the molecule is C/C1=C\[C@H](OCOCc2ccccc2)C/C(C)=C/CC2(C)CC[C@@H](O)[C@@H]2CC1. The Bertz CT molecular complexity index is 678. The van der Waals surface area contributed by atoms with Gasteiger partial charge in [0.15, 0.2) is 0 Å². The largest absolute Gasteiger partial charge is 0.393 e. The predicted molar refractivity (Wildman–Crippen MR) is 114 cm³/mol. The molecule has 1 saturated carbocycles. The first-order chi connectivity index (χ1) is 13.5. The van der Waals surface area contributed by atoms with Crippen molar-refractivity contribution >= 4 is 0 Å². The van der Waals surface area contributed by atoms with E-state index in [1.54, 1.807) is 0 Å². The molecule has 0 heterocycles. The molecule has 2 aliphatic rings. The van der Waals surface area contributed by atoms with Gasteiger partial charge in [0.1, 0.15) is 6.79 Å². The summed E-state index contributed by atoms with van der Waals surface area (Å²) in [6, 6.07) is 10.2. The number of aliphatic hydroxyl groups excluding tert-OH is 1. The second kappa shape index (κ2) is 9.87. The lowest BCUT2D eigenvalue weighted by Crippen LogP contribution is -2.27. The van der Waals surface area contributed by atoms with Crippen molar-refractivity contribution in [2.75, 3.05) is 6.79 Å². The standard InChI is InChI=1S/C25H36O3/c1-19-9-10-23-24(26)12-14-25(23,3)13-11-20(2)16-22(15-19)28-18-27-17-21-7-5-4-6-8-21/h4-8,11,15,22-24,26H,9-10,12-14,16-18H2,1-3H3/b19-15+,20-11+/t22-,23-,24+,25?/m0/s1. The van der Waals surface area contributed by atoms with E-state index in [-0.39, 0.29) is 17.6 Å². The Morgan fingerprint density at radius 3 is 2.68 bits per heavy atom. The molecular formula is C25H36O3. The van der Waals surface area contributed by atoms with Gasteiger partial charge in [0, 0.05) is 0 Å². The highest BCUT2D eigenvalue weighted by Crippen LogP contribution is 2.49. The fourth-order valence-electron chi connectivity index (χ4n) is 4.75. The summed E-state index contributed by atoms with van der Waals surface area (Å²) in [4.78, 5) is 0. The maximum Gasteiger partial charge on any atom is 0.147 e. The zero-order chi connectivity index (χ0) is 20.0. The third kappa shape index (κ3) is 5.79. The topological polar surface area (TPSA) is 38.7 Å². The minimum Gasteiger partial charge on any atom is -0.393 e. The molecule has 1 unspecified atom stereocenters. The molecule has 1 N–H and O–H groups in total. The lowest BCUT2D eigenvalue weighted by atomic mass is 9.73. The highest BCUT2D eigenvalue weighted by Gasteiger charge is 2.43. The van der Waals surface area contributed by atoms with Crippen molar-refractivity contribution in [3.05, 3.63) is 59.2 Å². The molecule has 4 atom stereocenters. The van der Waals surface area contributed by atoms with Gasteiger partial charge in [-0.3, -0.25) is 0 Å². The van der Waals surface area contributed by atoms with Crippen LogP contribution in [0.3, 0.4) is 0 Å². The van der Waals surface area contributed by atoms with E-state index in [4.69, 9.17) is 9.47 Å². The molecule has 1 aromatic carbocycles. The second-order valence-corrected chi connectivity index (χ2v) is 9.03. The zero-order valence-corrected chi connectivity index (χ0v) is 17.7. The van der Waals surface area contributed by atoms with Gasteiger partial charge in [-0.15, -0.1) is 0 Å². The van der Waals surface area contributed by atoms with Crippen molar-refractivity contribution in [3.8, 4) is 0 Å². The summed E-state index contributed by atoms with van der Waals surface area (Å²) < 4.78 is 11.8. The number of aliphatic hydroxyl groups is 1. The van der Waals surface area contributed by atoms with Crippen LogP contribution >= 0.6 is 0 Å². The van der Waals surface area contributed by atoms with Gasteiger partial charge in [-0.2, -0.15) is 0 Å². The number of fused-ring (bicyclic) bond motifs is 1. The number of hydrogen-bond acceptors (Lipinski definition) is 3. The Morgan fingerprint density at radius 2 is 1.89 bits per heavy atom. The van der Waals surface area contributed by atoms with Crippen molar-refractivity contribution in [3.63, 3.8) is 0 Å². The van der Waals surface area contributed by atoms with Crippen LogP contribution in [0.1, 0.15) is 64.9 Å². The average molecular weight is 385 g/mol. The molecule has 28 heavy (non-hydrogen) atoms. The van der Waals surface area contributed by atoms with Crippen LogP contribution in [-0.2, 0) is 16.1 Å². The van der Waals surface area contributed by atoms with Crippen LogP contribution in [0.5, 0.6) is 0 Å². The molecule has 2 aliphatic carbocycles. The van der Waals surface area contributed by atoms with Gasteiger partial charge < -0.3 is 14.6 Å². The summed E-state index contributed by atoms with van der Waals surface area (Å²) in [7, 11) is 0. The van der Waals surface area contributed by atoms with Gasteiger partial charge in [0.2, 0.25) is 0 Å². The van der Waals surface area contributed by atoms with Crippen LogP contribution in [0.2, 0.25) is 0 Å². The Kier molecular flexibility index (Phi) is 7.50. The maximum atomic E-state index is 10.5. The summed E-state index contributed by atoms with van der Waals surface area (Å²) in [6.45, 7) is 7.63. The van der Waals surface area contributed by atoms with Crippen LogP contribution < -0.4 is 0 Å². The van der Waals surface area contributed by atoms with Gasteiger partial charge in [-0.05, 0) is 69.3 Å². The van der Waals surface area contributed by atoms with Crippen LogP contribution in [-0.4, -0.2) is 24.1 Å². The van der Waals surface area contributed by atoms with E-state index in [2.05, 4.69) is 45.1 Å². The quantitative estimate of drug-likeness (QED) is 0.397.